The molecule has 0 unspecified atom stereocenters. The SMILES string of the molecule is COc1cc(CNC(=O)c2ccccc2SCc2ccccc2)cc(OC)c1OC. The number of carbonyl (C=O) groups is 1. The Balaban J connectivity index is 1.71. The van der Waals surface area contributed by atoms with Crippen molar-refractivity contribution in [3.63, 3.8) is 0 Å². The van der Waals surface area contributed by atoms with Gasteiger partial charge in [0.2, 0.25) is 5.75 Å². The molecule has 0 aliphatic heterocycles. The van der Waals surface area contributed by atoms with Gasteiger partial charge in [-0.15, -0.1) is 11.8 Å². The van der Waals surface area contributed by atoms with Gasteiger partial charge in [-0.05, 0) is 35.4 Å². The van der Waals surface area contributed by atoms with Crippen LogP contribution in [0.5, 0.6) is 17.2 Å². The number of nitrogens with one attached hydrogen (secondary N) is 1. The van der Waals surface area contributed by atoms with E-state index in [0.29, 0.717) is 29.4 Å². The first-order valence-electron chi connectivity index (χ1n) is 9.49. The number of benzene rings is 3. The van der Waals surface area contributed by atoms with E-state index < -0.39 is 0 Å². The Morgan fingerprint density at radius 1 is 0.833 bits per heavy atom. The fraction of sp³-hybridized carbons (Fsp3) is 0.208. The molecule has 1 N–H and O–H groups in total. The summed E-state index contributed by atoms with van der Waals surface area (Å²) in [5, 5.41) is 2.99. The number of hydrogen-bond donors (Lipinski definition) is 1. The summed E-state index contributed by atoms with van der Waals surface area (Å²) in [6.45, 7) is 0.341. The van der Waals surface area contributed by atoms with Gasteiger partial charge < -0.3 is 19.5 Å². The molecular weight excluding hydrogens is 398 g/mol. The first-order chi connectivity index (χ1) is 14.7. The molecule has 5 nitrogen and oxygen atoms in total. The van der Waals surface area contributed by atoms with Crippen molar-refractivity contribution in [1.29, 1.82) is 0 Å². The highest BCUT2D eigenvalue weighted by molar-refractivity contribution is 7.98. The Morgan fingerprint density at radius 2 is 1.47 bits per heavy atom. The highest BCUT2D eigenvalue weighted by atomic mass is 32.2. The number of rotatable bonds is 9. The van der Waals surface area contributed by atoms with E-state index in [9.17, 15) is 4.79 Å². The number of methoxy groups -OCH3 is 3. The summed E-state index contributed by atoms with van der Waals surface area (Å²) in [5.41, 5.74) is 2.73. The lowest BCUT2D eigenvalue weighted by Crippen LogP contribution is -2.23. The maximum absolute atomic E-state index is 12.9. The standard InChI is InChI=1S/C24H25NO4S/c1-27-20-13-18(14-21(28-2)23(20)29-3)15-25-24(26)19-11-7-8-12-22(19)30-16-17-9-5-4-6-10-17/h4-14H,15-16H2,1-3H3,(H,25,26). The third-order valence-electron chi connectivity index (χ3n) is 4.55. The zero-order valence-corrected chi connectivity index (χ0v) is 18.1. The minimum Gasteiger partial charge on any atom is -0.493 e. The van der Waals surface area contributed by atoms with Crippen molar-refractivity contribution in [1.82, 2.24) is 5.32 Å². The molecule has 0 atom stereocenters. The van der Waals surface area contributed by atoms with Gasteiger partial charge in [-0.1, -0.05) is 42.5 Å². The van der Waals surface area contributed by atoms with Gasteiger partial charge in [0.1, 0.15) is 0 Å². The predicted octanol–water partition coefficient (Wildman–Crippen LogP) is 4.93. The van der Waals surface area contributed by atoms with Crippen LogP contribution in [0.4, 0.5) is 0 Å². The monoisotopic (exact) mass is 423 g/mol. The quantitative estimate of drug-likeness (QED) is 0.494. The molecule has 0 spiro atoms. The Bertz CT molecular complexity index is 967. The lowest BCUT2D eigenvalue weighted by molar-refractivity contribution is 0.0948. The van der Waals surface area contributed by atoms with Crippen LogP contribution in [0.1, 0.15) is 21.5 Å². The van der Waals surface area contributed by atoms with Crippen molar-refractivity contribution in [2.75, 3.05) is 21.3 Å². The van der Waals surface area contributed by atoms with Gasteiger partial charge in [0.05, 0.1) is 26.9 Å². The number of carbonyl (C=O) groups excluding carboxylic acids is 1. The Labute approximate surface area is 181 Å². The van der Waals surface area contributed by atoms with Crippen molar-refractivity contribution < 1.29 is 19.0 Å². The van der Waals surface area contributed by atoms with Crippen LogP contribution in [0.3, 0.4) is 0 Å². The Morgan fingerprint density at radius 3 is 2.10 bits per heavy atom. The van der Waals surface area contributed by atoms with Crippen molar-refractivity contribution >= 4 is 17.7 Å². The van der Waals surface area contributed by atoms with E-state index >= 15 is 0 Å². The van der Waals surface area contributed by atoms with Gasteiger partial charge in [0.25, 0.3) is 5.91 Å². The Kier molecular flexibility index (Phi) is 7.63. The van der Waals surface area contributed by atoms with Crippen molar-refractivity contribution in [3.05, 3.63) is 83.4 Å². The van der Waals surface area contributed by atoms with E-state index in [0.717, 1.165) is 16.2 Å². The van der Waals surface area contributed by atoms with E-state index in [2.05, 4.69) is 17.4 Å². The zero-order chi connectivity index (χ0) is 21.3. The second-order valence-corrected chi connectivity index (χ2v) is 7.50. The van der Waals surface area contributed by atoms with Gasteiger partial charge >= 0.3 is 0 Å². The van der Waals surface area contributed by atoms with Crippen LogP contribution >= 0.6 is 11.8 Å². The molecule has 0 radical (unpaired) electrons. The molecule has 0 saturated carbocycles. The molecule has 0 heterocycles. The molecule has 1 amide bonds. The molecule has 3 aromatic carbocycles. The lowest BCUT2D eigenvalue weighted by Gasteiger charge is -2.15. The van der Waals surface area contributed by atoms with Gasteiger partial charge in [0, 0.05) is 17.2 Å². The van der Waals surface area contributed by atoms with Crippen LogP contribution in [-0.2, 0) is 12.3 Å². The van der Waals surface area contributed by atoms with Crippen molar-refractivity contribution in [2.45, 2.75) is 17.2 Å². The summed E-state index contributed by atoms with van der Waals surface area (Å²) in [6.07, 6.45) is 0. The summed E-state index contributed by atoms with van der Waals surface area (Å²) < 4.78 is 16.1. The molecular formula is C24H25NO4S. The Hall–Kier alpha value is -3.12. The fourth-order valence-electron chi connectivity index (χ4n) is 3.03. The van der Waals surface area contributed by atoms with Crippen LogP contribution in [0.2, 0.25) is 0 Å². The number of hydrogen-bond acceptors (Lipinski definition) is 5. The number of ether oxygens (including phenoxy) is 3. The average molecular weight is 424 g/mol. The molecule has 30 heavy (non-hydrogen) atoms. The van der Waals surface area contributed by atoms with Crippen molar-refractivity contribution in [2.24, 2.45) is 0 Å². The average Bonchev–Trinajstić information content (AvgIpc) is 2.81. The van der Waals surface area contributed by atoms with Crippen molar-refractivity contribution in [3.8, 4) is 17.2 Å². The zero-order valence-electron chi connectivity index (χ0n) is 17.3. The number of amides is 1. The molecule has 6 heteroatoms. The highest BCUT2D eigenvalue weighted by Gasteiger charge is 2.15. The van der Waals surface area contributed by atoms with Gasteiger partial charge in [-0.2, -0.15) is 0 Å². The summed E-state index contributed by atoms with van der Waals surface area (Å²) in [6, 6.07) is 21.5. The van der Waals surface area contributed by atoms with E-state index in [1.807, 2.05) is 54.6 Å². The minimum absolute atomic E-state index is 0.125. The van der Waals surface area contributed by atoms with Crippen LogP contribution in [0.25, 0.3) is 0 Å². The first-order valence-corrected chi connectivity index (χ1v) is 10.5. The predicted molar refractivity (Wildman–Crippen MR) is 120 cm³/mol. The molecule has 0 saturated heterocycles. The fourth-order valence-corrected chi connectivity index (χ4v) is 4.04. The van der Waals surface area contributed by atoms with Crippen LogP contribution in [-0.4, -0.2) is 27.2 Å². The molecule has 0 aliphatic carbocycles. The first kappa shape index (κ1) is 21.6. The maximum Gasteiger partial charge on any atom is 0.252 e. The number of thioether (sulfide) groups is 1. The largest absolute Gasteiger partial charge is 0.493 e. The molecule has 0 aliphatic rings. The normalized spacial score (nSPS) is 10.4. The highest BCUT2D eigenvalue weighted by Crippen LogP contribution is 2.38. The summed E-state index contributed by atoms with van der Waals surface area (Å²) in [7, 11) is 4.70. The smallest absolute Gasteiger partial charge is 0.252 e. The minimum atomic E-state index is -0.125. The molecule has 156 valence electrons. The van der Waals surface area contributed by atoms with Crippen LogP contribution in [0, 0.1) is 0 Å². The second-order valence-electron chi connectivity index (χ2n) is 6.49. The van der Waals surface area contributed by atoms with Gasteiger partial charge in [0.15, 0.2) is 11.5 Å². The summed E-state index contributed by atoms with van der Waals surface area (Å²) in [5.74, 6) is 2.32. The third-order valence-corrected chi connectivity index (χ3v) is 5.69. The van der Waals surface area contributed by atoms with Gasteiger partial charge in [-0.3, -0.25) is 4.79 Å². The van der Waals surface area contributed by atoms with E-state index in [-0.39, 0.29) is 5.91 Å². The van der Waals surface area contributed by atoms with E-state index in [1.165, 1.54) is 5.56 Å². The third kappa shape index (κ3) is 5.27. The molecule has 3 rings (SSSR count). The lowest BCUT2D eigenvalue weighted by atomic mass is 10.1. The van der Waals surface area contributed by atoms with E-state index in [4.69, 9.17) is 14.2 Å². The van der Waals surface area contributed by atoms with E-state index in [1.54, 1.807) is 33.1 Å². The second kappa shape index (κ2) is 10.6. The van der Waals surface area contributed by atoms with Crippen LogP contribution in [0.15, 0.2) is 71.6 Å². The molecule has 0 bridgehead atoms. The molecule has 0 aromatic heterocycles. The summed E-state index contributed by atoms with van der Waals surface area (Å²) in [4.78, 5) is 13.8. The maximum atomic E-state index is 12.9. The van der Waals surface area contributed by atoms with Gasteiger partial charge in [-0.25, -0.2) is 0 Å². The molecule has 3 aromatic rings. The van der Waals surface area contributed by atoms with Crippen LogP contribution < -0.4 is 19.5 Å². The molecule has 0 fully saturated rings. The topological polar surface area (TPSA) is 56.8 Å². The summed E-state index contributed by atoms with van der Waals surface area (Å²) >= 11 is 1.65.